The van der Waals surface area contributed by atoms with Gasteiger partial charge in [-0.25, -0.2) is 9.97 Å². The number of hydrogen-bond donors (Lipinski definition) is 3. The summed E-state index contributed by atoms with van der Waals surface area (Å²) in [4.78, 5) is 86.3. The fraction of sp³-hybridized carbons (Fsp3) is 0.589. The quantitative estimate of drug-likeness (QED) is 0.128. The van der Waals surface area contributed by atoms with Gasteiger partial charge in [-0.15, -0.1) is 0 Å². The number of aromatic nitrogens is 3. The fourth-order valence-corrected chi connectivity index (χ4v) is 13.4. The van der Waals surface area contributed by atoms with E-state index < -0.39 is 5.41 Å². The van der Waals surface area contributed by atoms with Crippen LogP contribution in [0.4, 0.5) is 17.2 Å². The summed E-state index contributed by atoms with van der Waals surface area (Å²) in [6, 6.07) is 18.2. The smallest absolute Gasteiger partial charge is 0.238 e. The molecule has 5 aliphatic heterocycles. The van der Waals surface area contributed by atoms with E-state index in [0.717, 1.165) is 115 Å². The van der Waals surface area contributed by atoms with Crippen molar-refractivity contribution in [3.63, 3.8) is 0 Å². The number of imide groups is 1. The minimum Gasteiger partial charge on any atom is -0.382 e. The van der Waals surface area contributed by atoms with Gasteiger partial charge in [0, 0.05) is 85.7 Å². The number of imidazole rings is 1. The lowest BCUT2D eigenvalue weighted by Crippen LogP contribution is -2.58. The number of nitrogens with one attached hydrogen (secondary N) is 3. The molecule has 1 spiro atoms. The van der Waals surface area contributed by atoms with Crippen molar-refractivity contribution in [2.24, 2.45) is 11.8 Å². The third-order valence-electron chi connectivity index (χ3n) is 17.9. The molecule has 2 aromatic heterocycles. The highest BCUT2D eigenvalue weighted by molar-refractivity contribution is 6.09. The standard InChI is InChI=1S/C56H70N10O5/c1-34(2)65-33-57-47-31-46(60-51(50(47)65)59-41-15-16-41)37-10-18-45-48(28-37)66(43-29-42(30-43)62-23-4-3-5-24-62)55(71)56(45)21-26-63(27-22-56)54(70)38-20-25-64(32-38)53(69)36-8-13-40(14-9-36)58-39-11-6-35(7-12-39)44-17-19-49(67)61-52(44)68/h6-7,10-12,18,28,31,33-34,36,38,40-44,58H,3-5,8-9,13-17,19-27,29-30,32H2,1-2H3,(H,59,60)(H,61,67,68)/t36?,38-,40?,42?,43?,44?/m1/s1. The molecule has 3 aliphatic carbocycles. The second-order valence-electron chi connectivity index (χ2n) is 22.7. The molecule has 4 saturated heterocycles. The molecule has 15 nitrogen and oxygen atoms in total. The van der Waals surface area contributed by atoms with Crippen molar-refractivity contribution in [3.05, 3.63) is 66.0 Å². The summed E-state index contributed by atoms with van der Waals surface area (Å²) >= 11 is 0. The number of piperidine rings is 3. The Kier molecular flexibility index (Phi) is 12.2. The highest BCUT2D eigenvalue weighted by Gasteiger charge is 2.56. The van der Waals surface area contributed by atoms with Gasteiger partial charge >= 0.3 is 0 Å². The van der Waals surface area contributed by atoms with Gasteiger partial charge in [0.1, 0.15) is 5.52 Å². The van der Waals surface area contributed by atoms with E-state index in [1.807, 2.05) is 40.4 Å². The summed E-state index contributed by atoms with van der Waals surface area (Å²) in [5.41, 5.74) is 7.10. The summed E-state index contributed by atoms with van der Waals surface area (Å²) in [5.74, 6) is 0.346. The number of nitrogens with zero attached hydrogens (tertiary/aromatic N) is 7. The van der Waals surface area contributed by atoms with Gasteiger partial charge in [-0.1, -0.05) is 30.7 Å². The maximum absolute atomic E-state index is 15.2. The number of rotatable bonds is 11. The van der Waals surface area contributed by atoms with Crippen molar-refractivity contribution in [3.8, 4) is 11.3 Å². The monoisotopic (exact) mass is 963 g/mol. The number of likely N-dealkylation sites (tertiary alicyclic amines) is 3. The molecule has 3 saturated carbocycles. The van der Waals surface area contributed by atoms with Crippen LogP contribution in [-0.4, -0.2) is 122 Å². The lowest BCUT2D eigenvalue weighted by atomic mass is 9.73. The van der Waals surface area contributed by atoms with E-state index >= 15 is 4.79 Å². The maximum Gasteiger partial charge on any atom is 0.238 e. The molecule has 12 rings (SSSR count). The first-order valence-corrected chi connectivity index (χ1v) is 27.1. The Hall–Kier alpha value is -5.83. The molecule has 7 heterocycles. The van der Waals surface area contributed by atoms with Crippen LogP contribution in [0, 0.1) is 11.8 Å². The first-order valence-electron chi connectivity index (χ1n) is 27.1. The van der Waals surface area contributed by atoms with Gasteiger partial charge in [0.05, 0.1) is 34.8 Å². The van der Waals surface area contributed by atoms with Gasteiger partial charge in [0.15, 0.2) is 5.82 Å². The van der Waals surface area contributed by atoms with E-state index in [2.05, 4.69) is 68.4 Å². The van der Waals surface area contributed by atoms with Crippen LogP contribution >= 0.6 is 0 Å². The van der Waals surface area contributed by atoms with Crippen LogP contribution in [0.5, 0.6) is 0 Å². The zero-order chi connectivity index (χ0) is 48.5. The normalized spacial score (nSPS) is 27.8. The van der Waals surface area contributed by atoms with Crippen molar-refractivity contribution >= 4 is 57.8 Å². The molecule has 7 fully saturated rings. The summed E-state index contributed by atoms with van der Waals surface area (Å²) in [5, 5.41) is 9.79. The summed E-state index contributed by atoms with van der Waals surface area (Å²) < 4.78 is 2.20. The van der Waals surface area contributed by atoms with Crippen LogP contribution in [-0.2, 0) is 29.4 Å². The zero-order valence-corrected chi connectivity index (χ0v) is 41.5. The second kappa shape index (κ2) is 18.7. The number of fused-ring (bicyclic) bond motifs is 3. The topological polar surface area (TPSA) is 165 Å². The average molecular weight is 963 g/mol. The molecular weight excluding hydrogens is 893 g/mol. The van der Waals surface area contributed by atoms with Crippen LogP contribution in [0.25, 0.3) is 22.3 Å². The molecule has 3 N–H and O–H groups in total. The van der Waals surface area contributed by atoms with Gasteiger partial charge in [-0.2, -0.15) is 0 Å². The molecule has 8 aliphatic rings. The zero-order valence-electron chi connectivity index (χ0n) is 41.5. The van der Waals surface area contributed by atoms with E-state index in [0.29, 0.717) is 70.4 Å². The van der Waals surface area contributed by atoms with Crippen LogP contribution in [0.3, 0.4) is 0 Å². The first kappa shape index (κ1) is 46.3. The predicted octanol–water partition coefficient (Wildman–Crippen LogP) is 7.52. The maximum atomic E-state index is 15.2. The lowest BCUT2D eigenvalue weighted by molar-refractivity contribution is -0.140. The molecule has 2 atom stereocenters. The van der Waals surface area contributed by atoms with Crippen LogP contribution in [0.2, 0.25) is 0 Å². The van der Waals surface area contributed by atoms with Crippen molar-refractivity contribution in [1.29, 1.82) is 0 Å². The molecule has 0 radical (unpaired) electrons. The number of benzene rings is 2. The van der Waals surface area contributed by atoms with E-state index in [1.165, 1.54) is 19.3 Å². The van der Waals surface area contributed by atoms with Crippen LogP contribution in [0.15, 0.2) is 54.9 Å². The van der Waals surface area contributed by atoms with Gasteiger partial charge in [0.25, 0.3) is 0 Å². The molecule has 1 unspecified atom stereocenters. The van der Waals surface area contributed by atoms with E-state index in [1.54, 1.807) is 0 Å². The third kappa shape index (κ3) is 8.67. The minimum atomic E-state index is -0.683. The fourth-order valence-electron chi connectivity index (χ4n) is 13.4. The highest BCUT2D eigenvalue weighted by atomic mass is 16.2. The second-order valence-corrected chi connectivity index (χ2v) is 22.7. The summed E-state index contributed by atoms with van der Waals surface area (Å²) in [6.07, 6.45) is 16.1. The van der Waals surface area contributed by atoms with Crippen molar-refractivity contribution in [2.45, 2.75) is 158 Å². The Morgan fingerprint density at radius 3 is 2.18 bits per heavy atom. The first-order chi connectivity index (χ1) is 34.5. The molecule has 5 amide bonds. The van der Waals surface area contributed by atoms with Gasteiger partial charge in [-0.3, -0.25) is 29.3 Å². The third-order valence-corrected chi connectivity index (χ3v) is 17.9. The SMILES string of the molecule is CC(C)n1cnc2cc(-c3ccc4c(c3)N(C3CC(N5CCCCC5)C3)C(=O)C43CCN(C(=O)[C@@H]4CCN(C(=O)C5CCC(Nc6ccc(C7CCC(=O)NC7=O)cc6)CC5)C4)CC3)nc(NC3CC3)c21. The van der Waals surface area contributed by atoms with Crippen LogP contribution < -0.4 is 20.9 Å². The van der Waals surface area contributed by atoms with Crippen molar-refractivity contribution in [1.82, 2.24) is 34.6 Å². The van der Waals surface area contributed by atoms with Crippen molar-refractivity contribution in [2.75, 3.05) is 54.8 Å². The Bertz CT molecular complexity index is 2720. The summed E-state index contributed by atoms with van der Waals surface area (Å²) in [7, 11) is 0. The largest absolute Gasteiger partial charge is 0.382 e. The van der Waals surface area contributed by atoms with Crippen molar-refractivity contribution < 1.29 is 24.0 Å². The molecule has 15 heteroatoms. The Labute approximate surface area is 416 Å². The Balaban J connectivity index is 0.697. The van der Waals surface area contributed by atoms with Gasteiger partial charge in [-0.05, 0) is 152 Å². The number of anilines is 3. The Morgan fingerprint density at radius 1 is 0.746 bits per heavy atom. The molecule has 2 aromatic carbocycles. The average Bonchev–Trinajstić information content (AvgIpc) is 3.76. The molecular formula is C56H70N10O5. The molecule has 0 bridgehead atoms. The number of pyridine rings is 1. The molecule has 4 aromatic rings. The molecule has 374 valence electrons. The molecule has 71 heavy (non-hydrogen) atoms. The highest BCUT2D eigenvalue weighted by Crippen LogP contribution is 2.52. The minimum absolute atomic E-state index is 0.0435. The van der Waals surface area contributed by atoms with E-state index in [-0.39, 0.29) is 65.4 Å². The number of carbonyl (C=O) groups is 5. The van der Waals surface area contributed by atoms with Gasteiger partial charge < -0.3 is 34.8 Å². The van der Waals surface area contributed by atoms with E-state index in [9.17, 15) is 19.2 Å². The predicted molar refractivity (Wildman–Crippen MR) is 273 cm³/mol. The number of hydrogen-bond acceptors (Lipinski definition) is 10. The lowest BCUT2D eigenvalue weighted by Gasteiger charge is -2.48. The van der Waals surface area contributed by atoms with Gasteiger partial charge in [0.2, 0.25) is 29.5 Å². The van der Waals surface area contributed by atoms with Crippen LogP contribution in [0.1, 0.15) is 140 Å². The number of amides is 5. The number of carbonyl (C=O) groups excluding carboxylic acids is 5. The Morgan fingerprint density at radius 2 is 1.46 bits per heavy atom. The summed E-state index contributed by atoms with van der Waals surface area (Å²) in [6.45, 7) is 8.76. The van der Waals surface area contributed by atoms with E-state index in [4.69, 9.17) is 9.97 Å².